The standard InChI is InChI=1S/C28H37N5O2/c1-2-26(31-14-12-30(13-15-31)22-27(34)32-16-18-35-19-17-32)28-29-25-11-7-6-10-24(25)21-33(28)20-23-8-4-3-5-9-23/h3-11,21,26,28H,2,12-20,22H2,1H3. The summed E-state index contributed by atoms with van der Waals surface area (Å²) in [5, 5.41) is 2.26. The summed E-state index contributed by atoms with van der Waals surface area (Å²) in [6.45, 7) is 10.1. The fourth-order valence-electron chi connectivity index (χ4n) is 5.44. The van der Waals surface area contributed by atoms with Crippen LogP contribution in [0, 0.1) is 0 Å². The molecule has 0 N–H and O–H groups in total. The number of carbonyl (C=O) groups excluding carboxylic acids is 1. The van der Waals surface area contributed by atoms with E-state index in [4.69, 9.17) is 9.73 Å². The van der Waals surface area contributed by atoms with Gasteiger partial charge in [0.05, 0.1) is 31.2 Å². The van der Waals surface area contributed by atoms with E-state index in [0.29, 0.717) is 25.8 Å². The molecule has 0 aliphatic carbocycles. The molecule has 0 spiro atoms. The van der Waals surface area contributed by atoms with Gasteiger partial charge in [-0.05, 0) is 18.1 Å². The van der Waals surface area contributed by atoms with Crippen LogP contribution in [0.5, 0.6) is 0 Å². The van der Waals surface area contributed by atoms with E-state index < -0.39 is 0 Å². The first-order valence-corrected chi connectivity index (χ1v) is 13.0. The van der Waals surface area contributed by atoms with Gasteiger partial charge in [-0.25, -0.2) is 0 Å². The first kappa shape index (κ1) is 24.0. The molecular formula is C28H37N5O2. The van der Waals surface area contributed by atoms with Gasteiger partial charge < -0.3 is 14.5 Å². The molecule has 3 heterocycles. The summed E-state index contributed by atoms with van der Waals surface area (Å²) >= 11 is 0. The molecule has 2 saturated heterocycles. The van der Waals surface area contributed by atoms with Crippen LogP contribution in [-0.2, 0) is 16.1 Å². The lowest BCUT2D eigenvalue weighted by atomic mass is 10.0. The maximum absolute atomic E-state index is 12.7. The van der Waals surface area contributed by atoms with Gasteiger partial charge in [-0.2, -0.15) is 0 Å². The first-order chi connectivity index (χ1) is 17.2. The normalized spacial score (nSPS) is 22.1. The zero-order chi connectivity index (χ0) is 24.0. The molecule has 3 aliphatic heterocycles. The molecule has 2 aromatic rings. The van der Waals surface area contributed by atoms with E-state index in [1.54, 1.807) is 0 Å². The van der Waals surface area contributed by atoms with Crippen LogP contribution in [0.3, 0.4) is 0 Å². The quantitative estimate of drug-likeness (QED) is 0.601. The highest BCUT2D eigenvalue weighted by atomic mass is 16.5. The molecule has 1 amide bonds. The van der Waals surface area contributed by atoms with Crippen LogP contribution < -0.4 is 10.6 Å². The highest BCUT2D eigenvalue weighted by Crippen LogP contribution is 2.21. The number of rotatable bonds is 7. The minimum atomic E-state index is 0.0663. The van der Waals surface area contributed by atoms with Crippen molar-refractivity contribution in [3.8, 4) is 0 Å². The summed E-state index contributed by atoms with van der Waals surface area (Å²) in [7, 11) is 0. The number of ether oxygens (including phenoxy) is 1. The van der Waals surface area contributed by atoms with E-state index >= 15 is 0 Å². The van der Waals surface area contributed by atoms with Crippen molar-refractivity contribution in [2.24, 2.45) is 4.99 Å². The topological polar surface area (TPSA) is 51.6 Å². The van der Waals surface area contributed by atoms with Gasteiger partial charge in [-0.1, -0.05) is 55.5 Å². The van der Waals surface area contributed by atoms with Crippen LogP contribution in [0.15, 0.2) is 59.6 Å². The number of amides is 1. The Labute approximate surface area is 208 Å². The van der Waals surface area contributed by atoms with Gasteiger partial charge in [-0.15, -0.1) is 0 Å². The number of fused-ring (bicyclic) bond motifs is 1. The summed E-state index contributed by atoms with van der Waals surface area (Å²) in [6, 6.07) is 19.4. The molecule has 2 unspecified atom stereocenters. The van der Waals surface area contributed by atoms with Crippen molar-refractivity contribution in [1.82, 2.24) is 19.6 Å². The highest BCUT2D eigenvalue weighted by molar-refractivity contribution is 5.78. The monoisotopic (exact) mass is 475 g/mol. The summed E-state index contributed by atoms with van der Waals surface area (Å²) in [4.78, 5) is 27.2. The van der Waals surface area contributed by atoms with Crippen molar-refractivity contribution >= 4 is 12.1 Å². The number of morpholine rings is 1. The predicted octanol–water partition coefficient (Wildman–Crippen LogP) is 1.14. The Bertz CT molecular complexity index is 1090. The Morgan fingerprint density at radius 2 is 1.69 bits per heavy atom. The fourth-order valence-corrected chi connectivity index (χ4v) is 5.44. The third-order valence-corrected chi connectivity index (χ3v) is 7.42. The van der Waals surface area contributed by atoms with Gasteiger partial charge >= 0.3 is 0 Å². The Morgan fingerprint density at radius 1 is 0.971 bits per heavy atom. The molecule has 5 rings (SSSR count). The lowest BCUT2D eigenvalue weighted by Gasteiger charge is -2.44. The van der Waals surface area contributed by atoms with E-state index in [9.17, 15) is 4.79 Å². The maximum atomic E-state index is 12.7. The molecule has 2 fully saturated rings. The van der Waals surface area contributed by atoms with Gasteiger partial charge in [0.25, 0.3) is 0 Å². The molecule has 0 radical (unpaired) electrons. The number of nitrogens with zero attached hydrogens (tertiary/aromatic N) is 5. The van der Waals surface area contributed by atoms with Crippen molar-refractivity contribution in [2.45, 2.75) is 32.1 Å². The lowest BCUT2D eigenvalue weighted by Crippen LogP contribution is -2.58. The van der Waals surface area contributed by atoms with E-state index in [-0.39, 0.29) is 12.1 Å². The molecular weight excluding hydrogens is 438 g/mol. The molecule has 0 aromatic heterocycles. The second-order valence-electron chi connectivity index (χ2n) is 9.67. The number of carbonyl (C=O) groups is 1. The van der Waals surface area contributed by atoms with Crippen LogP contribution in [-0.4, -0.2) is 96.7 Å². The van der Waals surface area contributed by atoms with Gasteiger partial charge in [0.1, 0.15) is 6.17 Å². The van der Waals surface area contributed by atoms with Gasteiger partial charge in [0.2, 0.25) is 5.91 Å². The van der Waals surface area contributed by atoms with Crippen molar-refractivity contribution in [3.63, 3.8) is 0 Å². The largest absolute Gasteiger partial charge is 0.378 e. The zero-order valence-corrected chi connectivity index (χ0v) is 20.8. The number of hydrogen-bond acceptors (Lipinski definition) is 6. The predicted molar refractivity (Wildman–Crippen MR) is 137 cm³/mol. The average molecular weight is 476 g/mol. The summed E-state index contributed by atoms with van der Waals surface area (Å²) in [5.41, 5.74) is 1.30. The van der Waals surface area contributed by atoms with Crippen LogP contribution in [0.1, 0.15) is 18.9 Å². The van der Waals surface area contributed by atoms with Crippen LogP contribution in [0.2, 0.25) is 0 Å². The number of hydrogen-bond donors (Lipinski definition) is 0. The van der Waals surface area contributed by atoms with E-state index in [1.165, 1.54) is 10.8 Å². The molecule has 186 valence electrons. The van der Waals surface area contributed by atoms with Crippen molar-refractivity contribution in [3.05, 3.63) is 70.7 Å². The second-order valence-corrected chi connectivity index (χ2v) is 9.67. The number of piperazine rings is 1. The summed E-state index contributed by atoms with van der Waals surface area (Å²) in [5.74, 6) is 0.233. The van der Waals surface area contributed by atoms with E-state index in [1.807, 2.05) is 4.90 Å². The molecule has 0 bridgehead atoms. The molecule has 2 atom stereocenters. The van der Waals surface area contributed by atoms with Crippen LogP contribution in [0.4, 0.5) is 0 Å². The maximum Gasteiger partial charge on any atom is 0.236 e. The Kier molecular flexibility index (Phi) is 7.76. The van der Waals surface area contributed by atoms with E-state index in [2.05, 4.69) is 82.4 Å². The SMILES string of the molecule is CCC(C1N=c2ccccc2=CN1Cc1ccccc1)N1CCN(CC(=O)N2CCOCC2)CC1. The van der Waals surface area contributed by atoms with Crippen molar-refractivity contribution in [2.75, 3.05) is 59.0 Å². The smallest absolute Gasteiger partial charge is 0.236 e. The van der Waals surface area contributed by atoms with Gasteiger partial charge in [0.15, 0.2) is 0 Å². The van der Waals surface area contributed by atoms with Crippen LogP contribution >= 0.6 is 0 Å². The fraction of sp³-hybridized carbons (Fsp3) is 0.500. The Morgan fingerprint density at radius 3 is 2.43 bits per heavy atom. The van der Waals surface area contributed by atoms with Crippen molar-refractivity contribution in [1.29, 1.82) is 0 Å². The highest BCUT2D eigenvalue weighted by Gasteiger charge is 2.33. The van der Waals surface area contributed by atoms with Gasteiger partial charge in [0, 0.05) is 57.2 Å². The average Bonchev–Trinajstić information content (AvgIpc) is 2.91. The lowest BCUT2D eigenvalue weighted by molar-refractivity contribution is -0.137. The number of para-hydroxylation sites is 1. The molecule has 3 aliphatic rings. The third kappa shape index (κ3) is 5.74. The van der Waals surface area contributed by atoms with E-state index in [0.717, 1.165) is 57.6 Å². The third-order valence-electron chi connectivity index (χ3n) is 7.42. The Balaban J connectivity index is 1.28. The number of benzene rings is 2. The molecule has 0 saturated carbocycles. The molecule has 7 nitrogen and oxygen atoms in total. The van der Waals surface area contributed by atoms with Crippen molar-refractivity contribution < 1.29 is 9.53 Å². The molecule has 7 heteroatoms. The minimum absolute atomic E-state index is 0.0663. The Hall–Kier alpha value is -2.74. The first-order valence-electron chi connectivity index (χ1n) is 13.0. The summed E-state index contributed by atoms with van der Waals surface area (Å²) < 4.78 is 5.39. The zero-order valence-electron chi connectivity index (χ0n) is 20.8. The van der Waals surface area contributed by atoms with Gasteiger partial charge in [-0.3, -0.25) is 19.6 Å². The van der Waals surface area contributed by atoms with Crippen LogP contribution in [0.25, 0.3) is 6.20 Å². The second kappa shape index (κ2) is 11.3. The molecule has 35 heavy (non-hydrogen) atoms. The summed E-state index contributed by atoms with van der Waals surface area (Å²) in [6.07, 6.45) is 3.39. The minimum Gasteiger partial charge on any atom is -0.378 e. The molecule has 2 aromatic carbocycles.